The van der Waals surface area contributed by atoms with E-state index in [2.05, 4.69) is 10.1 Å². The number of rotatable bonds is 5. The SMILES string of the molecule is CCOC(=O)CNCC(C)=O. The Morgan fingerprint density at radius 1 is 1.36 bits per heavy atom. The first-order valence-electron chi connectivity index (χ1n) is 3.52. The number of ether oxygens (including phenoxy) is 1. The molecule has 11 heavy (non-hydrogen) atoms. The van der Waals surface area contributed by atoms with Crippen molar-refractivity contribution in [3.63, 3.8) is 0 Å². The Morgan fingerprint density at radius 3 is 2.45 bits per heavy atom. The van der Waals surface area contributed by atoms with Crippen LogP contribution < -0.4 is 5.32 Å². The largest absolute Gasteiger partial charge is 0.465 e. The monoisotopic (exact) mass is 159 g/mol. The second kappa shape index (κ2) is 5.85. The molecule has 0 saturated carbocycles. The third kappa shape index (κ3) is 6.99. The molecule has 0 spiro atoms. The first kappa shape index (κ1) is 10.1. The van der Waals surface area contributed by atoms with Gasteiger partial charge in [-0.05, 0) is 13.8 Å². The van der Waals surface area contributed by atoms with Gasteiger partial charge in [0.25, 0.3) is 0 Å². The minimum atomic E-state index is -0.325. The third-order valence-electron chi connectivity index (χ3n) is 0.949. The molecule has 0 fully saturated rings. The van der Waals surface area contributed by atoms with Gasteiger partial charge in [0.05, 0.1) is 19.7 Å². The summed E-state index contributed by atoms with van der Waals surface area (Å²) < 4.78 is 4.61. The molecule has 4 heteroatoms. The number of hydrogen-bond donors (Lipinski definition) is 1. The van der Waals surface area contributed by atoms with E-state index < -0.39 is 0 Å². The van der Waals surface area contributed by atoms with Crippen molar-refractivity contribution >= 4 is 11.8 Å². The van der Waals surface area contributed by atoms with Crippen LogP contribution in [0, 0.1) is 0 Å². The van der Waals surface area contributed by atoms with Crippen LogP contribution in [0.2, 0.25) is 0 Å². The van der Waals surface area contributed by atoms with E-state index >= 15 is 0 Å². The van der Waals surface area contributed by atoms with Gasteiger partial charge >= 0.3 is 5.97 Å². The first-order chi connectivity index (χ1) is 5.16. The predicted molar refractivity (Wildman–Crippen MR) is 40.2 cm³/mol. The van der Waals surface area contributed by atoms with Crippen LogP contribution in [-0.2, 0) is 14.3 Å². The number of carbonyl (C=O) groups is 2. The molecule has 64 valence electrons. The van der Waals surface area contributed by atoms with Crippen LogP contribution in [0.1, 0.15) is 13.8 Å². The van der Waals surface area contributed by atoms with E-state index in [1.54, 1.807) is 6.92 Å². The smallest absolute Gasteiger partial charge is 0.319 e. The van der Waals surface area contributed by atoms with Gasteiger partial charge in [0.15, 0.2) is 0 Å². The van der Waals surface area contributed by atoms with Crippen molar-refractivity contribution in [2.45, 2.75) is 13.8 Å². The topological polar surface area (TPSA) is 55.4 Å². The van der Waals surface area contributed by atoms with Crippen LogP contribution in [0.4, 0.5) is 0 Å². The fraction of sp³-hybridized carbons (Fsp3) is 0.714. The van der Waals surface area contributed by atoms with E-state index in [1.165, 1.54) is 6.92 Å². The highest BCUT2D eigenvalue weighted by Gasteiger charge is 2.00. The average molecular weight is 159 g/mol. The number of hydrogen-bond acceptors (Lipinski definition) is 4. The summed E-state index contributed by atoms with van der Waals surface area (Å²) in [5, 5.41) is 2.65. The third-order valence-corrected chi connectivity index (χ3v) is 0.949. The van der Waals surface area contributed by atoms with Gasteiger partial charge in [-0.2, -0.15) is 0 Å². The summed E-state index contributed by atoms with van der Waals surface area (Å²) in [6, 6.07) is 0. The Balaban J connectivity index is 3.24. The molecule has 0 aromatic rings. The number of ketones is 1. The molecular formula is C7H13NO3. The van der Waals surface area contributed by atoms with Crippen molar-refractivity contribution in [3.8, 4) is 0 Å². The summed E-state index contributed by atoms with van der Waals surface area (Å²) in [7, 11) is 0. The first-order valence-corrected chi connectivity index (χ1v) is 3.52. The van der Waals surface area contributed by atoms with Crippen molar-refractivity contribution in [1.82, 2.24) is 5.32 Å². The van der Waals surface area contributed by atoms with Crippen LogP contribution in [0.3, 0.4) is 0 Å². The van der Waals surface area contributed by atoms with Gasteiger partial charge in [-0.3, -0.25) is 9.59 Å². The maximum Gasteiger partial charge on any atom is 0.319 e. The number of Topliss-reactive ketones (excluding diaryl/α,β-unsaturated/α-hetero) is 1. The van der Waals surface area contributed by atoms with Gasteiger partial charge in [0.1, 0.15) is 5.78 Å². The van der Waals surface area contributed by atoms with Crippen LogP contribution >= 0.6 is 0 Å². The molecule has 0 saturated heterocycles. The van der Waals surface area contributed by atoms with E-state index in [0.717, 1.165) is 0 Å². The molecule has 0 aromatic heterocycles. The second-order valence-electron chi connectivity index (χ2n) is 2.11. The van der Waals surface area contributed by atoms with Crippen LogP contribution in [-0.4, -0.2) is 31.4 Å². The number of nitrogens with one attached hydrogen (secondary N) is 1. The Labute approximate surface area is 65.9 Å². The molecule has 0 bridgehead atoms. The van der Waals surface area contributed by atoms with E-state index in [-0.39, 0.29) is 24.8 Å². The highest BCUT2D eigenvalue weighted by atomic mass is 16.5. The van der Waals surface area contributed by atoms with Crippen molar-refractivity contribution in [2.75, 3.05) is 19.7 Å². The maximum absolute atomic E-state index is 10.6. The summed E-state index contributed by atoms with van der Waals surface area (Å²) in [6.45, 7) is 3.90. The van der Waals surface area contributed by atoms with Gasteiger partial charge < -0.3 is 10.1 Å². The maximum atomic E-state index is 10.6. The lowest BCUT2D eigenvalue weighted by atomic mass is 10.4. The Hall–Kier alpha value is -0.900. The summed E-state index contributed by atoms with van der Waals surface area (Å²) in [5.74, 6) is -0.317. The lowest BCUT2D eigenvalue weighted by Crippen LogP contribution is -2.28. The summed E-state index contributed by atoms with van der Waals surface area (Å²) in [5.41, 5.74) is 0. The molecule has 0 aromatic carbocycles. The van der Waals surface area contributed by atoms with Gasteiger partial charge in [-0.15, -0.1) is 0 Å². The average Bonchev–Trinajstić information content (AvgIpc) is 1.87. The van der Waals surface area contributed by atoms with Gasteiger partial charge in [0.2, 0.25) is 0 Å². The van der Waals surface area contributed by atoms with Gasteiger partial charge in [-0.25, -0.2) is 0 Å². The molecule has 0 amide bonds. The fourth-order valence-corrected chi connectivity index (χ4v) is 0.553. The lowest BCUT2D eigenvalue weighted by Gasteiger charge is -2.01. The Morgan fingerprint density at radius 2 is 2.00 bits per heavy atom. The van der Waals surface area contributed by atoms with Gasteiger partial charge in [-0.1, -0.05) is 0 Å². The van der Waals surface area contributed by atoms with E-state index in [4.69, 9.17) is 0 Å². The summed E-state index contributed by atoms with van der Waals surface area (Å²) in [6.07, 6.45) is 0. The van der Waals surface area contributed by atoms with Crippen molar-refractivity contribution in [3.05, 3.63) is 0 Å². The standard InChI is InChI=1S/C7H13NO3/c1-3-11-7(10)5-8-4-6(2)9/h8H,3-5H2,1-2H3. The van der Waals surface area contributed by atoms with Crippen LogP contribution in [0.15, 0.2) is 0 Å². The molecule has 0 aliphatic heterocycles. The minimum Gasteiger partial charge on any atom is -0.465 e. The Kier molecular flexibility index (Phi) is 5.37. The summed E-state index contributed by atoms with van der Waals surface area (Å²) in [4.78, 5) is 21.0. The van der Waals surface area contributed by atoms with Crippen molar-refractivity contribution in [1.29, 1.82) is 0 Å². The normalized spacial score (nSPS) is 9.27. The predicted octanol–water partition coefficient (Wildman–Crippen LogP) is -0.272. The zero-order valence-corrected chi connectivity index (χ0v) is 6.85. The Bertz CT molecular complexity index is 145. The minimum absolute atomic E-state index is 0.00861. The molecule has 4 nitrogen and oxygen atoms in total. The molecule has 0 rings (SSSR count). The molecule has 0 heterocycles. The van der Waals surface area contributed by atoms with Gasteiger partial charge in [0, 0.05) is 0 Å². The van der Waals surface area contributed by atoms with Crippen LogP contribution in [0.25, 0.3) is 0 Å². The van der Waals surface area contributed by atoms with E-state index in [1.807, 2.05) is 0 Å². The molecule has 0 radical (unpaired) electrons. The van der Waals surface area contributed by atoms with E-state index in [9.17, 15) is 9.59 Å². The van der Waals surface area contributed by atoms with Crippen molar-refractivity contribution in [2.24, 2.45) is 0 Å². The quantitative estimate of drug-likeness (QED) is 0.561. The number of esters is 1. The van der Waals surface area contributed by atoms with Crippen molar-refractivity contribution < 1.29 is 14.3 Å². The highest BCUT2D eigenvalue weighted by Crippen LogP contribution is 1.74. The zero-order valence-electron chi connectivity index (χ0n) is 6.85. The molecular weight excluding hydrogens is 146 g/mol. The molecule has 0 atom stereocenters. The highest BCUT2D eigenvalue weighted by molar-refractivity contribution is 5.78. The fourth-order valence-electron chi connectivity index (χ4n) is 0.553. The van der Waals surface area contributed by atoms with E-state index in [0.29, 0.717) is 6.61 Å². The molecule has 0 aliphatic carbocycles. The number of carbonyl (C=O) groups excluding carboxylic acids is 2. The van der Waals surface area contributed by atoms with Crippen LogP contribution in [0.5, 0.6) is 0 Å². The second-order valence-corrected chi connectivity index (χ2v) is 2.11. The summed E-state index contributed by atoms with van der Waals surface area (Å²) >= 11 is 0. The molecule has 0 unspecified atom stereocenters. The lowest BCUT2D eigenvalue weighted by molar-refractivity contribution is -0.141. The zero-order chi connectivity index (χ0) is 8.69. The molecule has 0 aliphatic rings. The molecule has 1 N–H and O–H groups in total.